The van der Waals surface area contributed by atoms with E-state index in [-0.39, 0.29) is 0 Å². The summed E-state index contributed by atoms with van der Waals surface area (Å²) >= 11 is 0. The highest BCUT2D eigenvalue weighted by Crippen LogP contribution is 2.24. The van der Waals surface area contributed by atoms with E-state index >= 15 is 0 Å². The minimum atomic E-state index is 0.642. The van der Waals surface area contributed by atoms with Gasteiger partial charge in [-0.2, -0.15) is 0 Å². The molecule has 0 radical (unpaired) electrons. The fourth-order valence-electron chi connectivity index (χ4n) is 5.83. The SMILES string of the molecule is CCCCCCCCCCCCCC1N(CCCCC)C=CN1CCCCCCCCCCCCC. The lowest BCUT2D eigenvalue weighted by Crippen LogP contribution is -2.39. The Labute approximate surface area is 229 Å². The zero-order chi connectivity index (χ0) is 25.9. The molecule has 1 heterocycles. The second-order valence-electron chi connectivity index (χ2n) is 11.8. The summed E-state index contributed by atoms with van der Waals surface area (Å²) < 4.78 is 0. The number of rotatable bonds is 28. The molecule has 0 aliphatic carbocycles. The Balaban J connectivity index is 2.14. The highest BCUT2D eigenvalue weighted by molar-refractivity contribution is 4.97. The summed E-state index contributed by atoms with van der Waals surface area (Å²) in [7, 11) is 0. The Hall–Kier alpha value is -0.660. The third-order valence-corrected chi connectivity index (χ3v) is 8.32. The molecule has 0 spiro atoms. The smallest absolute Gasteiger partial charge is 0.101 e. The molecule has 0 saturated heterocycles. The van der Waals surface area contributed by atoms with E-state index in [0.29, 0.717) is 6.17 Å². The second kappa shape index (κ2) is 26.0. The summed E-state index contributed by atoms with van der Waals surface area (Å²) in [5.74, 6) is 0. The van der Waals surface area contributed by atoms with Crippen molar-refractivity contribution >= 4 is 0 Å². The van der Waals surface area contributed by atoms with Gasteiger partial charge in [-0.1, -0.05) is 162 Å². The number of unbranched alkanes of at least 4 members (excludes halogenated alkanes) is 22. The molecule has 0 fully saturated rings. The van der Waals surface area contributed by atoms with Gasteiger partial charge in [-0.15, -0.1) is 0 Å². The zero-order valence-corrected chi connectivity index (χ0v) is 25.4. The Bertz CT molecular complexity index is 460. The van der Waals surface area contributed by atoms with Crippen molar-refractivity contribution in [3.05, 3.63) is 12.4 Å². The van der Waals surface area contributed by atoms with Crippen LogP contribution in [0.3, 0.4) is 0 Å². The molecule has 0 aromatic rings. The van der Waals surface area contributed by atoms with E-state index < -0.39 is 0 Å². The maximum Gasteiger partial charge on any atom is 0.101 e. The van der Waals surface area contributed by atoms with E-state index in [1.54, 1.807) is 0 Å². The van der Waals surface area contributed by atoms with Crippen molar-refractivity contribution in [2.24, 2.45) is 0 Å². The van der Waals surface area contributed by atoms with Crippen LogP contribution in [0.5, 0.6) is 0 Å². The van der Waals surface area contributed by atoms with Gasteiger partial charge in [0.15, 0.2) is 0 Å². The molecule has 1 atom stereocenters. The maximum absolute atomic E-state index is 2.69. The van der Waals surface area contributed by atoms with E-state index in [1.165, 1.54) is 180 Å². The molecule has 0 bridgehead atoms. The van der Waals surface area contributed by atoms with Crippen LogP contribution in [0.1, 0.15) is 188 Å². The fraction of sp³-hybridized carbons (Fsp3) is 0.941. The second-order valence-corrected chi connectivity index (χ2v) is 11.8. The molecule has 0 aromatic heterocycles. The van der Waals surface area contributed by atoms with Crippen molar-refractivity contribution in [1.29, 1.82) is 0 Å². The molecule has 0 N–H and O–H groups in total. The number of hydrogen-bond acceptors (Lipinski definition) is 2. The van der Waals surface area contributed by atoms with E-state index in [2.05, 4.69) is 43.0 Å². The van der Waals surface area contributed by atoms with Crippen LogP contribution in [-0.4, -0.2) is 29.1 Å². The van der Waals surface area contributed by atoms with Crippen LogP contribution in [0.4, 0.5) is 0 Å². The van der Waals surface area contributed by atoms with E-state index in [4.69, 9.17) is 0 Å². The average Bonchev–Trinajstić information content (AvgIpc) is 3.27. The normalized spacial score (nSPS) is 15.5. The van der Waals surface area contributed by atoms with Gasteiger partial charge < -0.3 is 9.80 Å². The molecule has 2 nitrogen and oxygen atoms in total. The maximum atomic E-state index is 2.69. The van der Waals surface area contributed by atoms with Gasteiger partial charge in [-0.3, -0.25) is 0 Å². The van der Waals surface area contributed by atoms with Crippen molar-refractivity contribution in [2.75, 3.05) is 13.1 Å². The largest absolute Gasteiger partial charge is 0.356 e. The molecule has 1 rings (SSSR count). The van der Waals surface area contributed by atoms with Gasteiger partial charge in [0.2, 0.25) is 0 Å². The van der Waals surface area contributed by atoms with Crippen molar-refractivity contribution in [1.82, 2.24) is 9.80 Å². The summed E-state index contributed by atoms with van der Waals surface area (Å²) in [4.78, 5) is 5.36. The molecule has 1 aliphatic rings. The topological polar surface area (TPSA) is 6.48 Å². The van der Waals surface area contributed by atoms with Gasteiger partial charge >= 0.3 is 0 Å². The minimum Gasteiger partial charge on any atom is -0.356 e. The summed E-state index contributed by atoms with van der Waals surface area (Å²) in [6.45, 7) is 9.45. The monoisotopic (exact) mass is 505 g/mol. The molecular weight excluding hydrogens is 436 g/mol. The predicted octanol–water partition coefficient (Wildman–Crippen LogP) is 11.6. The average molecular weight is 505 g/mol. The number of hydrogen-bond donors (Lipinski definition) is 0. The van der Waals surface area contributed by atoms with Gasteiger partial charge in [0, 0.05) is 25.5 Å². The van der Waals surface area contributed by atoms with Crippen LogP contribution < -0.4 is 0 Å². The van der Waals surface area contributed by atoms with Crippen LogP contribution >= 0.6 is 0 Å². The third-order valence-electron chi connectivity index (χ3n) is 8.32. The van der Waals surface area contributed by atoms with Gasteiger partial charge in [0.1, 0.15) is 6.17 Å². The highest BCUT2D eigenvalue weighted by atomic mass is 15.4. The van der Waals surface area contributed by atoms with E-state index in [9.17, 15) is 0 Å². The van der Waals surface area contributed by atoms with Crippen LogP contribution in [0, 0.1) is 0 Å². The minimum absolute atomic E-state index is 0.642. The van der Waals surface area contributed by atoms with Gasteiger partial charge in [0.25, 0.3) is 0 Å². The molecule has 0 amide bonds. The Kier molecular flexibility index (Phi) is 24.1. The molecule has 1 unspecified atom stereocenters. The van der Waals surface area contributed by atoms with Gasteiger partial charge in [-0.25, -0.2) is 0 Å². The lowest BCUT2D eigenvalue weighted by molar-refractivity contribution is 0.135. The molecular formula is C34H68N2. The van der Waals surface area contributed by atoms with Crippen LogP contribution in [0.25, 0.3) is 0 Å². The first-order chi connectivity index (χ1) is 17.8. The summed E-state index contributed by atoms with van der Waals surface area (Å²) in [5, 5.41) is 0. The Morgan fingerprint density at radius 2 is 0.639 bits per heavy atom. The molecule has 0 saturated carbocycles. The first-order valence-electron chi connectivity index (χ1n) is 17.0. The summed E-state index contributed by atoms with van der Waals surface area (Å²) in [6.07, 6.45) is 42.5. The van der Waals surface area contributed by atoms with Crippen molar-refractivity contribution in [2.45, 2.75) is 194 Å². The quantitative estimate of drug-likeness (QED) is 0.0977. The molecule has 1 aliphatic heterocycles. The molecule has 0 aromatic carbocycles. The fourth-order valence-corrected chi connectivity index (χ4v) is 5.83. The first-order valence-corrected chi connectivity index (χ1v) is 17.0. The first kappa shape index (κ1) is 33.4. The van der Waals surface area contributed by atoms with Crippen LogP contribution in [0.2, 0.25) is 0 Å². The standard InChI is InChI=1S/C34H68N2/c1-4-7-10-12-14-16-18-20-22-24-26-29-34-35(30-27-9-6-3)32-33-36(34)31-28-25-23-21-19-17-15-13-11-8-5-2/h32-34H,4-31H2,1-3H3. The lowest BCUT2D eigenvalue weighted by Gasteiger charge is -2.33. The third kappa shape index (κ3) is 18.6. The summed E-state index contributed by atoms with van der Waals surface area (Å²) in [5.41, 5.74) is 0. The number of nitrogens with zero attached hydrogens (tertiary/aromatic N) is 2. The van der Waals surface area contributed by atoms with Gasteiger partial charge in [-0.05, 0) is 25.7 Å². The molecule has 2 heteroatoms. The van der Waals surface area contributed by atoms with E-state index in [0.717, 1.165) is 0 Å². The van der Waals surface area contributed by atoms with Gasteiger partial charge in [0.05, 0.1) is 0 Å². The van der Waals surface area contributed by atoms with E-state index in [1.807, 2.05) is 0 Å². The van der Waals surface area contributed by atoms with Crippen LogP contribution in [0.15, 0.2) is 12.4 Å². The van der Waals surface area contributed by atoms with Crippen LogP contribution in [-0.2, 0) is 0 Å². The summed E-state index contributed by atoms with van der Waals surface area (Å²) in [6, 6.07) is 0. The van der Waals surface area contributed by atoms with Crippen molar-refractivity contribution < 1.29 is 0 Å². The predicted molar refractivity (Wildman–Crippen MR) is 163 cm³/mol. The van der Waals surface area contributed by atoms with Crippen molar-refractivity contribution in [3.63, 3.8) is 0 Å². The molecule has 36 heavy (non-hydrogen) atoms. The molecule has 214 valence electrons. The zero-order valence-electron chi connectivity index (χ0n) is 25.4. The van der Waals surface area contributed by atoms with Crippen molar-refractivity contribution in [3.8, 4) is 0 Å². The highest BCUT2D eigenvalue weighted by Gasteiger charge is 2.24. The Morgan fingerprint density at radius 1 is 0.361 bits per heavy atom. The lowest BCUT2D eigenvalue weighted by atomic mass is 10.0. The Morgan fingerprint density at radius 3 is 1.03 bits per heavy atom.